The number of hydrogen-bond donors (Lipinski definition) is 1. The van der Waals surface area contributed by atoms with Gasteiger partial charge in [-0.3, -0.25) is 0 Å². The standard InChI is InChI=1S/C9H11F3N2O4S2/c1-14(2)20(17,18)7-4-3-6(9(10,11)12)5-8(7)19(13,15)16/h3-5H,1-2H3,(H2,13,15,16). The molecule has 1 rings (SSSR count). The molecule has 11 heteroatoms. The van der Waals surface area contributed by atoms with Crippen molar-refractivity contribution in [1.29, 1.82) is 0 Å². The van der Waals surface area contributed by atoms with Gasteiger partial charge < -0.3 is 0 Å². The topological polar surface area (TPSA) is 97.5 Å². The molecule has 0 aliphatic rings. The van der Waals surface area contributed by atoms with Crippen LogP contribution in [0.5, 0.6) is 0 Å². The highest BCUT2D eigenvalue weighted by Gasteiger charge is 2.34. The Morgan fingerprint density at radius 2 is 1.55 bits per heavy atom. The molecular formula is C9H11F3N2O4S2. The van der Waals surface area contributed by atoms with E-state index in [0.29, 0.717) is 16.4 Å². The van der Waals surface area contributed by atoms with Crippen molar-refractivity contribution < 1.29 is 30.0 Å². The molecule has 0 bridgehead atoms. The third kappa shape index (κ3) is 3.29. The van der Waals surface area contributed by atoms with E-state index < -0.39 is 41.6 Å². The van der Waals surface area contributed by atoms with Crippen LogP contribution < -0.4 is 5.14 Å². The molecule has 20 heavy (non-hydrogen) atoms. The maximum atomic E-state index is 12.5. The van der Waals surface area contributed by atoms with Crippen molar-refractivity contribution in [2.24, 2.45) is 5.14 Å². The Morgan fingerprint density at radius 1 is 1.05 bits per heavy atom. The van der Waals surface area contributed by atoms with Gasteiger partial charge in [-0.25, -0.2) is 26.3 Å². The van der Waals surface area contributed by atoms with E-state index in [-0.39, 0.29) is 6.07 Å². The number of sulfonamides is 2. The molecule has 0 amide bonds. The van der Waals surface area contributed by atoms with Gasteiger partial charge >= 0.3 is 6.18 Å². The zero-order valence-electron chi connectivity index (χ0n) is 10.3. The van der Waals surface area contributed by atoms with Crippen molar-refractivity contribution in [3.8, 4) is 0 Å². The van der Waals surface area contributed by atoms with Gasteiger partial charge in [-0.05, 0) is 18.2 Å². The Bertz CT molecular complexity index is 724. The predicted molar refractivity (Wildman–Crippen MR) is 63.7 cm³/mol. The predicted octanol–water partition coefficient (Wildman–Crippen LogP) is 0.603. The quantitative estimate of drug-likeness (QED) is 0.876. The molecule has 0 fully saturated rings. The number of nitrogens with zero attached hydrogens (tertiary/aromatic N) is 1. The third-order valence-corrected chi connectivity index (χ3v) is 5.29. The van der Waals surface area contributed by atoms with Gasteiger partial charge in [-0.15, -0.1) is 0 Å². The van der Waals surface area contributed by atoms with E-state index in [4.69, 9.17) is 5.14 Å². The van der Waals surface area contributed by atoms with Gasteiger partial charge in [0, 0.05) is 14.1 Å². The summed E-state index contributed by atoms with van der Waals surface area (Å²) in [5.41, 5.74) is -1.31. The molecule has 114 valence electrons. The second-order valence-electron chi connectivity index (χ2n) is 3.99. The van der Waals surface area contributed by atoms with Gasteiger partial charge in [0.15, 0.2) is 0 Å². The summed E-state index contributed by atoms with van der Waals surface area (Å²) in [7, 11) is -6.66. The van der Waals surface area contributed by atoms with Crippen LogP contribution in [0.2, 0.25) is 0 Å². The maximum absolute atomic E-state index is 12.5. The Hall–Kier alpha value is -1.17. The second-order valence-corrected chi connectivity index (χ2v) is 7.64. The third-order valence-electron chi connectivity index (χ3n) is 2.34. The van der Waals surface area contributed by atoms with Crippen LogP contribution in [0.3, 0.4) is 0 Å². The first-order valence-electron chi connectivity index (χ1n) is 4.94. The fourth-order valence-corrected chi connectivity index (χ4v) is 3.57. The van der Waals surface area contributed by atoms with Crippen molar-refractivity contribution in [2.75, 3.05) is 14.1 Å². The average Bonchev–Trinajstić information content (AvgIpc) is 2.25. The van der Waals surface area contributed by atoms with Crippen LogP contribution in [0.1, 0.15) is 5.56 Å². The number of rotatable bonds is 3. The van der Waals surface area contributed by atoms with Crippen molar-refractivity contribution in [3.63, 3.8) is 0 Å². The first-order chi connectivity index (χ1) is 8.78. The molecule has 0 atom stereocenters. The van der Waals surface area contributed by atoms with E-state index in [2.05, 4.69) is 0 Å². The van der Waals surface area contributed by atoms with E-state index >= 15 is 0 Å². The van der Waals surface area contributed by atoms with E-state index in [1.54, 1.807) is 0 Å². The molecule has 0 aliphatic carbocycles. The summed E-state index contributed by atoms with van der Waals surface area (Å²) in [5.74, 6) is 0. The lowest BCUT2D eigenvalue weighted by Crippen LogP contribution is -2.26. The number of hydrogen-bond acceptors (Lipinski definition) is 4. The Labute approximate surface area is 114 Å². The summed E-state index contributed by atoms with van der Waals surface area (Å²) in [6.07, 6.45) is -4.82. The normalized spacial score (nSPS) is 13.8. The molecule has 0 unspecified atom stereocenters. The monoisotopic (exact) mass is 332 g/mol. The summed E-state index contributed by atoms with van der Waals surface area (Å²) in [6, 6.07) is 1.24. The number of alkyl halides is 3. The molecular weight excluding hydrogens is 321 g/mol. The number of benzene rings is 1. The number of nitrogens with two attached hydrogens (primary N) is 1. The smallest absolute Gasteiger partial charge is 0.225 e. The summed E-state index contributed by atoms with van der Waals surface area (Å²) in [5, 5.41) is 4.79. The minimum Gasteiger partial charge on any atom is -0.225 e. The summed E-state index contributed by atoms with van der Waals surface area (Å²) in [6.45, 7) is 0. The highest BCUT2D eigenvalue weighted by atomic mass is 32.2. The lowest BCUT2D eigenvalue weighted by atomic mass is 10.2. The van der Waals surface area contributed by atoms with Gasteiger partial charge in [0.05, 0.1) is 5.56 Å². The number of primary sulfonamides is 1. The molecule has 0 radical (unpaired) electrons. The average molecular weight is 332 g/mol. The lowest BCUT2D eigenvalue weighted by molar-refractivity contribution is -0.137. The molecule has 0 aromatic heterocycles. The second kappa shape index (κ2) is 4.98. The summed E-state index contributed by atoms with van der Waals surface area (Å²) in [4.78, 5) is -1.90. The van der Waals surface area contributed by atoms with E-state index in [9.17, 15) is 30.0 Å². The molecule has 0 aliphatic heterocycles. The van der Waals surface area contributed by atoms with Crippen LogP contribution in [0.15, 0.2) is 28.0 Å². The van der Waals surface area contributed by atoms with Crippen LogP contribution in [-0.4, -0.2) is 35.2 Å². The van der Waals surface area contributed by atoms with Crippen LogP contribution >= 0.6 is 0 Å². The van der Waals surface area contributed by atoms with Crippen LogP contribution in [0.4, 0.5) is 13.2 Å². The van der Waals surface area contributed by atoms with Crippen molar-refractivity contribution in [3.05, 3.63) is 23.8 Å². The fraction of sp³-hybridized carbons (Fsp3) is 0.333. The first kappa shape index (κ1) is 16.9. The maximum Gasteiger partial charge on any atom is 0.416 e. The highest BCUT2D eigenvalue weighted by molar-refractivity contribution is 7.92. The zero-order chi connectivity index (χ0) is 15.9. The molecule has 1 aromatic carbocycles. The first-order valence-corrected chi connectivity index (χ1v) is 7.93. The Balaban J connectivity index is 3.74. The van der Waals surface area contributed by atoms with Gasteiger partial charge in [-0.1, -0.05) is 0 Å². The van der Waals surface area contributed by atoms with Crippen LogP contribution in [0, 0.1) is 0 Å². The largest absolute Gasteiger partial charge is 0.416 e. The van der Waals surface area contributed by atoms with Crippen molar-refractivity contribution >= 4 is 20.0 Å². The van der Waals surface area contributed by atoms with E-state index in [1.165, 1.54) is 0 Å². The Kier molecular flexibility index (Phi) is 4.21. The van der Waals surface area contributed by atoms with Gasteiger partial charge in [0.1, 0.15) is 9.79 Å². The summed E-state index contributed by atoms with van der Waals surface area (Å²) < 4.78 is 84.7. The van der Waals surface area contributed by atoms with Crippen LogP contribution in [0.25, 0.3) is 0 Å². The Morgan fingerprint density at radius 3 is 1.90 bits per heavy atom. The summed E-state index contributed by atoms with van der Waals surface area (Å²) >= 11 is 0. The molecule has 2 N–H and O–H groups in total. The van der Waals surface area contributed by atoms with Crippen molar-refractivity contribution in [2.45, 2.75) is 16.0 Å². The molecule has 0 saturated heterocycles. The fourth-order valence-electron chi connectivity index (χ4n) is 1.32. The van der Waals surface area contributed by atoms with E-state index in [0.717, 1.165) is 14.1 Å². The van der Waals surface area contributed by atoms with Gasteiger partial charge in [-0.2, -0.15) is 13.2 Å². The van der Waals surface area contributed by atoms with Gasteiger partial charge in [0.25, 0.3) is 0 Å². The molecule has 6 nitrogen and oxygen atoms in total. The molecule has 0 saturated carbocycles. The molecule has 0 spiro atoms. The van der Waals surface area contributed by atoms with Gasteiger partial charge in [0.2, 0.25) is 20.0 Å². The van der Waals surface area contributed by atoms with E-state index in [1.807, 2.05) is 0 Å². The zero-order valence-corrected chi connectivity index (χ0v) is 12.0. The highest BCUT2D eigenvalue weighted by Crippen LogP contribution is 2.33. The number of halogens is 3. The molecule has 0 heterocycles. The van der Waals surface area contributed by atoms with Crippen molar-refractivity contribution in [1.82, 2.24) is 4.31 Å². The SMILES string of the molecule is CN(C)S(=O)(=O)c1ccc(C(F)(F)F)cc1S(N)(=O)=O. The van der Waals surface area contributed by atoms with Crippen LogP contribution in [-0.2, 0) is 26.2 Å². The minimum absolute atomic E-state index is 0.200. The molecule has 1 aromatic rings. The lowest BCUT2D eigenvalue weighted by Gasteiger charge is -2.16. The minimum atomic E-state index is -4.82.